The zero-order chi connectivity index (χ0) is 59.5. The van der Waals surface area contributed by atoms with Gasteiger partial charge < -0.3 is 21.9 Å². The van der Waals surface area contributed by atoms with Gasteiger partial charge in [-0.15, -0.1) is 0 Å². The van der Waals surface area contributed by atoms with Gasteiger partial charge in [0.05, 0.1) is 88.3 Å². The summed E-state index contributed by atoms with van der Waals surface area (Å²) in [6, 6.07) is 61.3. The van der Waals surface area contributed by atoms with Gasteiger partial charge in [0.2, 0.25) is 0 Å². The lowest BCUT2D eigenvalue weighted by Gasteiger charge is -1.90. The van der Waals surface area contributed by atoms with Gasteiger partial charge in [0.25, 0.3) is 5.78 Å². The molecule has 16 heterocycles. The topological polar surface area (TPSA) is 383 Å². The van der Waals surface area contributed by atoms with Gasteiger partial charge in [0.15, 0.2) is 12.6 Å². The van der Waals surface area contributed by atoms with Gasteiger partial charge in [-0.2, -0.15) is 0 Å². The van der Waals surface area contributed by atoms with Crippen LogP contribution in [0.4, 0.5) is 0 Å². The molecule has 0 aliphatic carbocycles. The molecule has 0 aliphatic heterocycles. The fourth-order valence-electron chi connectivity index (χ4n) is 7.26. The zero-order valence-electron chi connectivity index (χ0n) is 47.7. The molecule has 0 fully saturated rings. The Kier molecular flexibility index (Phi) is 30.9. The number of aromatic nitrogens is 16. The first-order valence-corrected chi connectivity index (χ1v) is 26.2. The molecule has 16 rings (SSSR count). The van der Waals surface area contributed by atoms with E-state index in [0.717, 1.165) is 88.3 Å². The van der Waals surface area contributed by atoms with Crippen molar-refractivity contribution in [3.63, 3.8) is 0 Å². The fraction of sp³-hybridized carbons (Fsp3) is 0. The van der Waals surface area contributed by atoms with E-state index in [9.17, 15) is 4.79 Å². The zero-order valence-corrected chi connectivity index (χ0v) is 47.7. The number of pyridine rings is 16. The number of ketones is 1. The van der Waals surface area contributed by atoms with E-state index >= 15 is 0 Å². The minimum absolute atomic E-state index is 0. The fourth-order valence-corrected chi connectivity index (χ4v) is 7.26. The van der Waals surface area contributed by atoms with Crippen LogP contribution in [0.15, 0.2) is 293 Å². The summed E-state index contributed by atoms with van der Waals surface area (Å²) >= 11 is 0. The second kappa shape index (κ2) is 39.8. The molecule has 0 spiro atoms. The van der Waals surface area contributed by atoms with E-state index in [1.807, 2.05) is 194 Å². The van der Waals surface area contributed by atoms with E-state index in [0.29, 0.717) is 0 Å². The Morgan fingerprint density at radius 3 is 0.311 bits per heavy atom. The summed E-state index contributed by atoms with van der Waals surface area (Å²) in [6.07, 6.45) is 28.2. The quantitative estimate of drug-likeness (QED) is 0.0886. The van der Waals surface area contributed by atoms with Gasteiger partial charge in [-0.3, -0.25) is 94.1 Å². The van der Waals surface area contributed by atoms with Crippen LogP contribution in [-0.2, 0) is 14.4 Å². The largest absolute Gasteiger partial charge is 0.412 e. The number of rotatable bonds is 2. The van der Waals surface area contributed by atoms with Crippen molar-refractivity contribution in [1.29, 1.82) is 0 Å². The molecule has 0 unspecified atom stereocenters. The summed E-state index contributed by atoms with van der Waals surface area (Å²) < 4.78 is 0. The lowest BCUT2D eigenvalue weighted by Crippen LogP contribution is -1.97. The highest BCUT2D eigenvalue weighted by molar-refractivity contribution is 6.50. The first-order chi connectivity index (χ1) is 42.5. The van der Waals surface area contributed by atoms with Gasteiger partial charge in [-0.1, -0.05) is 0 Å². The molecule has 8 N–H and O–H groups in total. The third-order valence-corrected chi connectivity index (χ3v) is 11.2. The van der Waals surface area contributed by atoms with E-state index in [-0.39, 0.29) is 34.5 Å². The molecule has 0 bridgehead atoms. The molecule has 0 aromatic carbocycles. The van der Waals surface area contributed by atoms with Crippen LogP contribution in [-0.4, -0.2) is 120 Å². The van der Waals surface area contributed by atoms with Gasteiger partial charge >= 0.3 is 0 Å². The smallest absolute Gasteiger partial charge is 0.257 e. The maximum atomic E-state index is 9.44. The Bertz CT molecular complexity index is 3330. The maximum absolute atomic E-state index is 9.44. The monoisotopic (exact) mass is 1200 g/mol. The summed E-state index contributed by atoms with van der Waals surface area (Å²) in [5, 5.41) is 0. The van der Waals surface area contributed by atoms with E-state index < -0.39 is 5.78 Å². The summed E-state index contributed by atoms with van der Waals surface area (Å²) in [5.74, 6) is -1.02. The van der Waals surface area contributed by atoms with Crippen LogP contribution >= 0.6 is 0 Å². The highest BCUT2D eigenvalue weighted by Crippen LogP contribution is 2.10. The normalized spacial score (nSPS) is 9.33. The Morgan fingerprint density at radius 2 is 0.256 bits per heavy atom. The van der Waals surface area contributed by atoms with Gasteiger partial charge in [-0.25, -0.2) is 0 Å². The SMILES string of the molecule is O.O.O.O.O=CC(=O)C=O.c1cnc2cccnc2c1.c1cnc2cccnc2c1.c1cnc2cccnc2c1.c1cnc2cccnc2c1.c1cnc2cccnc2c1.c1cnc2cccnc2c1.c1cnc2cccnc2c1.c1cnc2cccnc2c1. The number of fused-ring (bicyclic) bond motifs is 8. The van der Waals surface area contributed by atoms with E-state index in [1.54, 1.807) is 99.1 Å². The van der Waals surface area contributed by atoms with Crippen LogP contribution < -0.4 is 0 Å². The molecule has 23 heteroatoms. The Balaban J connectivity index is 0.000000216. The van der Waals surface area contributed by atoms with Gasteiger partial charge in [0, 0.05) is 99.1 Å². The average Bonchev–Trinajstić information content (AvgIpc) is 3.77. The lowest BCUT2D eigenvalue weighted by molar-refractivity contribution is -0.135. The molecule has 0 atom stereocenters. The standard InChI is InChI=1S/8C8H6N2.C3H2O3.4H2O/c8*1-3-7-8(9-5-1)4-2-6-10-7;4-1-3(6)2-5;;;;/h8*1-6H;1-2H;4*1H2. The number of aldehydes is 2. The first-order valence-electron chi connectivity index (χ1n) is 26.2. The summed E-state index contributed by atoms with van der Waals surface area (Å²) in [7, 11) is 0. The van der Waals surface area contributed by atoms with Crippen molar-refractivity contribution in [2.45, 2.75) is 0 Å². The van der Waals surface area contributed by atoms with Crippen molar-refractivity contribution in [2.24, 2.45) is 0 Å². The average molecular weight is 1200 g/mol. The number of Topliss-reactive ketones (excluding diaryl/α,β-unsaturated/α-hetero) is 1. The van der Waals surface area contributed by atoms with Crippen LogP contribution in [0.2, 0.25) is 0 Å². The predicted octanol–water partition coefficient (Wildman–Crippen LogP) is 8.69. The molecule has 0 saturated heterocycles. The molecule has 0 amide bonds. The summed E-state index contributed by atoms with van der Waals surface area (Å²) in [5.41, 5.74) is 15.2. The highest BCUT2D eigenvalue weighted by Gasteiger charge is 1.95. The first kappa shape index (κ1) is 69.8. The second-order valence-electron chi connectivity index (χ2n) is 17.0. The van der Waals surface area contributed by atoms with Crippen LogP contribution in [0.1, 0.15) is 0 Å². The molecule has 23 nitrogen and oxygen atoms in total. The van der Waals surface area contributed by atoms with Crippen molar-refractivity contribution in [2.75, 3.05) is 0 Å². The van der Waals surface area contributed by atoms with Crippen LogP contribution in [0.5, 0.6) is 0 Å². The third-order valence-electron chi connectivity index (χ3n) is 11.2. The van der Waals surface area contributed by atoms with Crippen LogP contribution in [0.3, 0.4) is 0 Å². The van der Waals surface area contributed by atoms with E-state index in [4.69, 9.17) is 9.59 Å². The van der Waals surface area contributed by atoms with Gasteiger partial charge in [-0.05, 0) is 194 Å². The second-order valence-corrected chi connectivity index (χ2v) is 17.0. The molecule has 90 heavy (non-hydrogen) atoms. The number of hydrogen-bond acceptors (Lipinski definition) is 19. The van der Waals surface area contributed by atoms with Crippen molar-refractivity contribution in [3.8, 4) is 0 Å². The third kappa shape index (κ3) is 22.7. The molecule has 16 aromatic heterocycles. The summed E-state index contributed by atoms with van der Waals surface area (Å²) in [4.78, 5) is 93.7. The minimum atomic E-state index is -1.02. The Morgan fingerprint density at radius 1 is 0.178 bits per heavy atom. The number of carbonyl (C=O) groups excluding carboxylic acids is 3. The minimum Gasteiger partial charge on any atom is -0.412 e. The van der Waals surface area contributed by atoms with E-state index in [2.05, 4.69) is 79.7 Å². The molecular weight excluding hydrogens is 1140 g/mol. The van der Waals surface area contributed by atoms with E-state index in [1.165, 1.54) is 0 Å². The van der Waals surface area contributed by atoms with Crippen LogP contribution in [0.25, 0.3) is 88.3 Å². The number of hydrogen-bond donors (Lipinski definition) is 0. The maximum Gasteiger partial charge on any atom is 0.257 e. The number of carbonyl (C=O) groups is 3. The highest BCUT2D eigenvalue weighted by atomic mass is 16.2. The Hall–Kier alpha value is -12.7. The van der Waals surface area contributed by atoms with Crippen molar-refractivity contribution < 1.29 is 36.3 Å². The lowest BCUT2D eigenvalue weighted by atomic mass is 10.3. The summed E-state index contributed by atoms with van der Waals surface area (Å²) in [6.45, 7) is 0. The molecular formula is C67H58N16O7. The van der Waals surface area contributed by atoms with Crippen molar-refractivity contribution >= 4 is 107 Å². The molecule has 16 aromatic rings. The predicted molar refractivity (Wildman–Crippen MR) is 348 cm³/mol. The molecule has 0 aliphatic rings. The molecule has 448 valence electrons. The number of nitrogens with zero attached hydrogens (tertiary/aromatic N) is 16. The molecule has 0 saturated carbocycles. The van der Waals surface area contributed by atoms with Crippen LogP contribution in [0, 0.1) is 0 Å². The Labute approximate surface area is 513 Å². The molecule has 0 radical (unpaired) electrons. The van der Waals surface area contributed by atoms with Gasteiger partial charge in [0.1, 0.15) is 0 Å². The van der Waals surface area contributed by atoms with Crippen molar-refractivity contribution in [1.82, 2.24) is 79.7 Å². The van der Waals surface area contributed by atoms with Crippen molar-refractivity contribution in [3.05, 3.63) is 293 Å².